The molecule has 0 aliphatic heterocycles. The molecule has 134 valence electrons. The Kier molecular flexibility index (Phi) is 7.02. The van der Waals surface area contributed by atoms with Crippen LogP contribution in [0.5, 0.6) is 0 Å². The molecule has 0 fully saturated rings. The minimum absolute atomic E-state index is 0.442. The van der Waals surface area contributed by atoms with Crippen molar-refractivity contribution in [2.75, 3.05) is 18.4 Å². The van der Waals surface area contributed by atoms with Crippen LogP contribution in [0, 0.1) is 13.8 Å². The number of rotatable bonds is 7. The van der Waals surface area contributed by atoms with Crippen LogP contribution in [0.2, 0.25) is 0 Å². The van der Waals surface area contributed by atoms with E-state index in [2.05, 4.69) is 85.4 Å². The van der Waals surface area contributed by atoms with Gasteiger partial charge in [0.2, 0.25) is 0 Å². The van der Waals surface area contributed by atoms with Crippen molar-refractivity contribution >= 4 is 11.6 Å². The van der Waals surface area contributed by atoms with Crippen molar-refractivity contribution in [2.45, 2.75) is 40.8 Å². The van der Waals surface area contributed by atoms with Crippen LogP contribution in [0.4, 0.5) is 5.69 Å². The number of aliphatic imine (C=N–C) groups is 1. The van der Waals surface area contributed by atoms with E-state index in [1.807, 2.05) is 0 Å². The standard InChI is InChI=1S/C21H30N4/c1-5-25(6-2)15-19-9-7-18(8-10-19)14-23-21(22)24-20-12-16(3)11-17(4)13-20/h7-13H,5-6,14-15H2,1-4H3,(H3,22,23,24). The highest BCUT2D eigenvalue weighted by Gasteiger charge is 2.02. The summed E-state index contributed by atoms with van der Waals surface area (Å²) in [5, 5.41) is 3.17. The summed E-state index contributed by atoms with van der Waals surface area (Å²) >= 11 is 0. The predicted octanol–water partition coefficient (Wildman–Crippen LogP) is 4.07. The lowest BCUT2D eigenvalue weighted by Gasteiger charge is -2.17. The molecule has 0 aliphatic carbocycles. The van der Waals surface area contributed by atoms with Crippen molar-refractivity contribution in [1.82, 2.24) is 4.90 Å². The van der Waals surface area contributed by atoms with Gasteiger partial charge in [0.1, 0.15) is 0 Å². The average molecular weight is 338 g/mol. The number of hydrogen-bond donors (Lipinski definition) is 2. The smallest absolute Gasteiger partial charge is 0.193 e. The molecule has 0 spiro atoms. The summed E-state index contributed by atoms with van der Waals surface area (Å²) in [5.41, 5.74) is 11.9. The second-order valence-corrected chi connectivity index (χ2v) is 6.48. The molecule has 0 unspecified atom stereocenters. The first-order chi connectivity index (χ1) is 12.0. The van der Waals surface area contributed by atoms with Crippen molar-refractivity contribution in [3.63, 3.8) is 0 Å². The van der Waals surface area contributed by atoms with Gasteiger partial charge in [-0.05, 0) is 61.3 Å². The number of benzene rings is 2. The van der Waals surface area contributed by atoms with Gasteiger partial charge in [-0.15, -0.1) is 0 Å². The number of anilines is 1. The zero-order valence-corrected chi connectivity index (χ0v) is 15.8. The summed E-state index contributed by atoms with van der Waals surface area (Å²) in [7, 11) is 0. The molecule has 0 aliphatic rings. The summed E-state index contributed by atoms with van der Waals surface area (Å²) < 4.78 is 0. The number of aryl methyl sites for hydroxylation is 2. The maximum Gasteiger partial charge on any atom is 0.193 e. The summed E-state index contributed by atoms with van der Waals surface area (Å²) in [4.78, 5) is 6.85. The van der Waals surface area contributed by atoms with E-state index in [4.69, 9.17) is 5.73 Å². The second kappa shape index (κ2) is 9.23. The van der Waals surface area contributed by atoms with Crippen LogP contribution in [0.1, 0.15) is 36.1 Å². The largest absolute Gasteiger partial charge is 0.370 e. The van der Waals surface area contributed by atoms with Gasteiger partial charge in [0.15, 0.2) is 5.96 Å². The number of nitrogens with zero attached hydrogens (tertiary/aromatic N) is 2. The van der Waals surface area contributed by atoms with E-state index in [0.29, 0.717) is 12.5 Å². The molecule has 4 nitrogen and oxygen atoms in total. The highest BCUT2D eigenvalue weighted by Crippen LogP contribution is 2.13. The van der Waals surface area contributed by atoms with E-state index in [0.717, 1.165) is 30.9 Å². The van der Waals surface area contributed by atoms with Crippen LogP contribution in [0.25, 0.3) is 0 Å². The van der Waals surface area contributed by atoms with E-state index < -0.39 is 0 Å². The molecule has 0 aromatic heterocycles. The lowest BCUT2D eigenvalue weighted by Crippen LogP contribution is -2.22. The molecular formula is C21H30N4. The third kappa shape index (κ3) is 6.24. The van der Waals surface area contributed by atoms with E-state index in [-0.39, 0.29) is 0 Å². The van der Waals surface area contributed by atoms with Gasteiger partial charge >= 0.3 is 0 Å². The first-order valence-corrected chi connectivity index (χ1v) is 8.95. The Morgan fingerprint density at radius 2 is 1.52 bits per heavy atom. The van der Waals surface area contributed by atoms with E-state index in [9.17, 15) is 0 Å². The third-order valence-electron chi connectivity index (χ3n) is 4.25. The van der Waals surface area contributed by atoms with Crippen molar-refractivity contribution in [3.05, 3.63) is 64.7 Å². The van der Waals surface area contributed by atoms with Crippen molar-refractivity contribution in [1.29, 1.82) is 0 Å². The molecule has 2 aromatic rings. The van der Waals surface area contributed by atoms with Crippen molar-refractivity contribution < 1.29 is 0 Å². The van der Waals surface area contributed by atoms with Crippen LogP contribution in [0.15, 0.2) is 47.5 Å². The summed E-state index contributed by atoms with van der Waals surface area (Å²) in [5.74, 6) is 0.442. The van der Waals surface area contributed by atoms with E-state index >= 15 is 0 Å². The second-order valence-electron chi connectivity index (χ2n) is 6.48. The minimum atomic E-state index is 0.442. The van der Waals surface area contributed by atoms with Crippen LogP contribution in [-0.2, 0) is 13.1 Å². The van der Waals surface area contributed by atoms with Crippen LogP contribution in [0.3, 0.4) is 0 Å². The van der Waals surface area contributed by atoms with Gasteiger partial charge in [-0.2, -0.15) is 0 Å². The van der Waals surface area contributed by atoms with Gasteiger partial charge in [0, 0.05) is 12.2 Å². The summed E-state index contributed by atoms with van der Waals surface area (Å²) in [6.07, 6.45) is 0. The van der Waals surface area contributed by atoms with Gasteiger partial charge in [-0.3, -0.25) is 4.90 Å². The fourth-order valence-electron chi connectivity index (χ4n) is 2.87. The molecule has 0 radical (unpaired) electrons. The predicted molar refractivity (Wildman–Crippen MR) is 108 cm³/mol. The van der Waals surface area contributed by atoms with Gasteiger partial charge < -0.3 is 11.1 Å². The van der Waals surface area contributed by atoms with Crippen LogP contribution < -0.4 is 11.1 Å². The normalized spacial score (nSPS) is 11.8. The number of nitrogens with one attached hydrogen (secondary N) is 1. The van der Waals surface area contributed by atoms with Gasteiger partial charge in [0.05, 0.1) is 6.54 Å². The number of guanidine groups is 1. The molecule has 2 rings (SSSR count). The summed E-state index contributed by atoms with van der Waals surface area (Å²) in [6, 6.07) is 14.9. The molecule has 0 saturated heterocycles. The van der Waals surface area contributed by atoms with E-state index in [1.54, 1.807) is 0 Å². The highest BCUT2D eigenvalue weighted by molar-refractivity contribution is 5.92. The lowest BCUT2D eigenvalue weighted by molar-refractivity contribution is 0.296. The number of nitrogens with two attached hydrogens (primary N) is 1. The highest BCUT2D eigenvalue weighted by atomic mass is 15.1. The molecule has 4 heteroatoms. The Morgan fingerprint density at radius 1 is 0.960 bits per heavy atom. The summed E-state index contributed by atoms with van der Waals surface area (Å²) in [6.45, 7) is 12.3. The first kappa shape index (κ1) is 19.0. The molecule has 0 atom stereocenters. The third-order valence-corrected chi connectivity index (χ3v) is 4.25. The molecule has 2 aromatic carbocycles. The maximum absolute atomic E-state index is 6.02. The minimum Gasteiger partial charge on any atom is -0.370 e. The molecule has 0 amide bonds. The molecule has 0 bridgehead atoms. The lowest BCUT2D eigenvalue weighted by atomic mass is 10.1. The molecular weight excluding hydrogens is 308 g/mol. The maximum atomic E-state index is 6.02. The van der Waals surface area contributed by atoms with Gasteiger partial charge in [0.25, 0.3) is 0 Å². The van der Waals surface area contributed by atoms with Gasteiger partial charge in [-0.1, -0.05) is 44.2 Å². The van der Waals surface area contributed by atoms with Crippen molar-refractivity contribution in [3.8, 4) is 0 Å². The Labute approximate surface area is 151 Å². The number of hydrogen-bond acceptors (Lipinski definition) is 2. The Hall–Kier alpha value is -2.33. The molecule has 3 N–H and O–H groups in total. The van der Waals surface area contributed by atoms with E-state index in [1.165, 1.54) is 16.7 Å². The topological polar surface area (TPSA) is 53.6 Å². The van der Waals surface area contributed by atoms with Crippen molar-refractivity contribution in [2.24, 2.45) is 10.7 Å². The molecule has 0 saturated carbocycles. The van der Waals surface area contributed by atoms with Crippen LogP contribution in [-0.4, -0.2) is 23.9 Å². The quantitative estimate of drug-likeness (QED) is 0.591. The SMILES string of the molecule is CCN(CC)Cc1ccc(CN=C(N)Nc2cc(C)cc(C)c2)cc1. The molecule has 0 heterocycles. The van der Waals surface area contributed by atoms with Gasteiger partial charge in [-0.25, -0.2) is 4.99 Å². The fraction of sp³-hybridized carbons (Fsp3) is 0.381. The Bertz CT molecular complexity index is 680. The first-order valence-electron chi connectivity index (χ1n) is 8.95. The Balaban J connectivity index is 1.93. The Morgan fingerprint density at radius 3 is 2.08 bits per heavy atom. The monoisotopic (exact) mass is 338 g/mol. The zero-order valence-electron chi connectivity index (χ0n) is 15.8. The zero-order chi connectivity index (χ0) is 18.2. The fourth-order valence-corrected chi connectivity index (χ4v) is 2.87. The van der Waals surface area contributed by atoms with Crippen LogP contribution >= 0.6 is 0 Å². The molecule has 25 heavy (non-hydrogen) atoms. The average Bonchev–Trinajstić information content (AvgIpc) is 2.58.